The van der Waals surface area contributed by atoms with Gasteiger partial charge >= 0.3 is 11.9 Å². The van der Waals surface area contributed by atoms with Gasteiger partial charge in [0.2, 0.25) is 6.79 Å². The zero-order valence-corrected chi connectivity index (χ0v) is 15.7. The quantitative estimate of drug-likeness (QED) is 0.720. The number of carbonyl (C=O) groups excluding carboxylic acids is 1. The average molecular weight is 395 g/mol. The van der Waals surface area contributed by atoms with Crippen LogP contribution < -0.4 is 9.47 Å². The van der Waals surface area contributed by atoms with E-state index in [0.29, 0.717) is 34.3 Å². The minimum absolute atomic E-state index is 0.106. The number of fused-ring (bicyclic) bond motifs is 1. The molecule has 27 heavy (non-hydrogen) atoms. The maximum atomic E-state index is 12.2. The van der Waals surface area contributed by atoms with Gasteiger partial charge in [-0.05, 0) is 25.0 Å². The topological polar surface area (TPSA) is 99.9 Å². The fourth-order valence-corrected chi connectivity index (χ4v) is 3.11. The number of hydrogen-bond acceptors (Lipinski definition) is 6. The molecule has 0 radical (unpaired) electrons. The van der Waals surface area contributed by atoms with Crippen molar-refractivity contribution in [2.45, 2.75) is 33.2 Å². The number of halogens is 1. The molecule has 1 aromatic heterocycles. The van der Waals surface area contributed by atoms with Crippen LogP contribution in [0, 0.1) is 0 Å². The Hall–Kier alpha value is -2.74. The maximum absolute atomic E-state index is 12.2. The molecule has 1 aromatic carbocycles. The summed E-state index contributed by atoms with van der Waals surface area (Å²) < 4.78 is 17.1. The molecule has 8 nitrogen and oxygen atoms in total. The van der Waals surface area contributed by atoms with Crippen molar-refractivity contribution < 1.29 is 28.9 Å². The second kappa shape index (κ2) is 7.87. The molecule has 3 rings (SSSR count). The molecule has 0 aliphatic carbocycles. The van der Waals surface area contributed by atoms with Crippen molar-refractivity contribution >= 4 is 23.5 Å². The van der Waals surface area contributed by atoms with Gasteiger partial charge in [-0.1, -0.05) is 18.5 Å². The maximum Gasteiger partial charge on any atom is 0.359 e. The van der Waals surface area contributed by atoms with Gasteiger partial charge in [0, 0.05) is 17.5 Å². The molecular formula is C18H19ClN2O6. The fourth-order valence-electron chi connectivity index (χ4n) is 2.89. The van der Waals surface area contributed by atoms with E-state index in [1.807, 2.05) is 6.92 Å². The van der Waals surface area contributed by atoms with E-state index in [9.17, 15) is 14.7 Å². The molecule has 0 spiro atoms. The van der Waals surface area contributed by atoms with Crippen LogP contribution in [0.5, 0.6) is 11.5 Å². The smallest absolute Gasteiger partial charge is 0.359 e. The minimum atomic E-state index is -1.26. The Morgan fingerprint density at radius 2 is 2.00 bits per heavy atom. The van der Waals surface area contributed by atoms with E-state index in [1.165, 1.54) is 4.57 Å². The minimum Gasteiger partial charge on any atom is -0.476 e. The molecule has 2 aromatic rings. The Kier molecular flexibility index (Phi) is 5.55. The van der Waals surface area contributed by atoms with Crippen LogP contribution in [-0.2, 0) is 17.7 Å². The zero-order valence-electron chi connectivity index (χ0n) is 15.0. The van der Waals surface area contributed by atoms with Crippen molar-refractivity contribution in [3.8, 4) is 11.5 Å². The van der Waals surface area contributed by atoms with Crippen molar-refractivity contribution in [1.82, 2.24) is 9.55 Å². The molecule has 1 N–H and O–H groups in total. The van der Waals surface area contributed by atoms with E-state index in [2.05, 4.69) is 4.98 Å². The molecule has 0 saturated heterocycles. The Morgan fingerprint density at radius 3 is 2.63 bits per heavy atom. The van der Waals surface area contributed by atoms with E-state index in [-0.39, 0.29) is 31.3 Å². The van der Waals surface area contributed by atoms with Gasteiger partial charge in [0.15, 0.2) is 22.9 Å². The third-order valence-electron chi connectivity index (χ3n) is 4.06. The van der Waals surface area contributed by atoms with E-state index >= 15 is 0 Å². The summed E-state index contributed by atoms with van der Waals surface area (Å²) in [5, 5.41) is 10.1. The van der Waals surface area contributed by atoms with Crippen molar-refractivity contribution in [3.63, 3.8) is 0 Å². The second-order valence-electron chi connectivity index (χ2n) is 5.88. The first-order valence-electron chi connectivity index (χ1n) is 8.54. The lowest BCUT2D eigenvalue weighted by Gasteiger charge is -2.12. The Bertz CT molecular complexity index is 892. The van der Waals surface area contributed by atoms with Gasteiger partial charge in [-0.3, -0.25) is 0 Å². The largest absolute Gasteiger partial charge is 0.476 e. The number of benzene rings is 1. The van der Waals surface area contributed by atoms with Crippen LogP contribution in [0.1, 0.15) is 52.6 Å². The summed E-state index contributed by atoms with van der Waals surface area (Å²) in [6.45, 7) is 3.95. The number of hydrogen-bond donors (Lipinski definition) is 1. The zero-order chi connectivity index (χ0) is 19.6. The SMILES string of the molecule is CCCc1nc(C(=O)OCC)c(C(=O)O)n1Cc1cc2c(cc1Cl)OCO2. The fraction of sp³-hybridized carbons (Fsp3) is 0.389. The highest BCUT2D eigenvalue weighted by Crippen LogP contribution is 2.37. The van der Waals surface area contributed by atoms with Crippen molar-refractivity contribution in [2.75, 3.05) is 13.4 Å². The summed E-state index contributed by atoms with van der Waals surface area (Å²) in [5.41, 5.74) is 0.212. The average Bonchev–Trinajstić information content (AvgIpc) is 3.20. The van der Waals surface area contributed by atoms with Crippen LogP contribution in [0.3, 0.4) is 0 Å². The molecule has 0 bridgehead atoms. The van der Waals surface area contributed by atoms with Gasteiger partial charge < -0.3 is 23.9 Å². The molecule has 1 aliphatic rings. The summed E-state index contributed by atoms with van der Waals surface area (Å²) in [7, 11) is 0. The van der Waals surface area contributed by atoms with Gasteiger partial charge in [-0.25, -0.2) is 14.6 Å². The Morgan fingerprint density at radius 1 is 1.30 bits per heavy atom. The van der Waals surface area contributed by atoms with Crippen molar-refractivity contribution in [3.05, 3.63) is 39.9 Å². The van der Waals surface area contributed by atoms with Crippen LogP contribution in [0.15, 0.2) is 12.1 Å². The molecule has 1 aliphatic heterocycles. The number of aromatic carboxylic acids is 1. The van der Waals surface area contributed by atoms with Gasteiger partial charge in [0.1, 0.15) is 5.82 Å². The summed E-state index contributed by atoms with van der Waals surface area (Å²) in [6, 6.07) is 3.33. The van der Waals surface area contributed by atoms with E-state index < -0.39 is 11.9 Å². The van der Waals surface area contributed by atoms with Crippen LogP contribution in [0.25, 0.3) is 0 Å². The van der Waals surface area contributed by atoms with E-state index in [0.717, 1.165) is 6.42 Å². The van der Waals surface area contributed by atoms with Crippen LogP contribution in [-0.4, -0.2) is 40.0 Å². The molecule has 0 unspecified atom stereocenters. The monoisotopic (exact) mass is 394 g/mol. The number of aryl methyl sites for hydroxylation is 1. The molecule has 0 amide bonds. The number of esters is 1. The van der Waals surface area contributed by atoms with Crippen molar-refractivity contribution in [2.24, 2.45) is 0 Å². The number of carboxylic acid groups (broad SMARTS) is 1. The summed E-state index contributed by atoms with van der Waals surface area (Å²) in [6.07, 6.45) is 1.23. The molecular weight excluding hydrogens is 376 g/mol. The van der Waals surface area contributed by atoms with Gasteiger partial charge in [-0.15, -0.1) is 0 Å². The van der Waals surface area contributed by atoms with Crippen LogP contribution in [0.4, 0.5) is 0 Å². The first kappa shape index (κ1) is 19.0. The molecule has 144 valence electrons. The lowest BCUT2D eigenvalue weighted by Crippen LogP contribution is -2.16. The summed E-state index contributed by atoms with van der Waals surface area (Å²) in [4.78, 5) is 28.3. The van der Waals surface area contributed by atoms with E-state index in [1.54, 1.807) is 19.1 Å². The standard InChI is InChI=1S/C18H19ClN2O6/c1-3-5-14-20-15(18(24)25-4-2)16(17(22)23)21(14)8-10-6-12-13(7-11(10)19)27-9-26-12/h6-7H,3-5,8-9H2,1-2H3,(H,22,23). The molecule has 0 atom stereocenters. The van der Waals surface area contributed by atoms with Gasteiger partial charge in [0.05, 0.1) is 13.2 Å². The Labute approximate surface area is 160 Å². The van der Waals surface area contributed by atoms with E-state index in [4.69, 9.17) is 25.8 Å². The van der Waals surface area contributed by atoms with Crippen molar-refractivity contribution in [1.29, 1.82) is 0 Å². The van der Waals surface area contributed by atoms with Gasteiger partial charge in [-0.2, -0.15) is 0 Å². The summed E-state index contributed by atoms with van der Waals surface area (Å²) in [5.74, 6) is -0.470. The third-order valence-corrected chi connectivity index (χ3v) is 4.41. The highest BCUT2D eigenvalue weighted by atomic mass is 35.5. The normalized spacial score (nSPS) is 12.3. The highest BCUT2D eigenvalue weighted by molar-refractivity contribution is 6.31. The number of ether oxygens (including phenoxy) is 3. The van der Waals surface area contributed by atoms with Crippen LogP contribution in [0.2, 0.25) is 5.02 Å². The first-order chi connectivity index (χ1) is 13.0. The number of nitrogens with zero attached hydrogens (tertiary/aromatic N) is 2. The first-order valence-corrected chi connectivity index (χ1v) is 8.91. The predicted molar refractivity (Wildman–Crippen MR) is 95.8 cm³/mol. The molecule has 0 fully saturated rings. The lowest BCUT2D eigenvalue weighted by atomic mass is 10.2. The number of rotatable bonds is 7. The summed E-state index contributed by atoms with van der Waals surface area (Å²) >= 11 is 6.33. The molecule has 9 heteroatoms. The van der Waals surface area contributed by atoms with Gasteiger partial charge in [0.25, 0.3) is 0 Å². The number of aromatic nitrogens is 2. The molecule has 2 heterocycles. The third kappa shape index (κ3) is 3.71. The predicted octanol–water partition coefficient (Wildman–Crippen LogP) is 3.14. The lowest BCUT2D eigenvalue weighted by molar-refractivity contribution is 0.0506. The molecule has 0 saturated carbocycles. The number of carboxylic acids is 1. The Balaban J connectivity index is 2.08. The highest BCUT2D eigenvalue weighted by Gasteiger charge is 2.28. The second-order valence-corrected chi connectivity index (χ2v) is 6.29. The van der Waals surface area contributed by atoms with Crippen LogP contribution >= 0.6 is 11.6 Å². The number of imidazole rings is 1. The number of carbonyl (C=O) groups is 2.